The number of nitrogens with zero attached hydrogens (tertiary/aromatic N) is 1. The van der Waals surface area contributed by atoms with Crippen LogP contribution in [0, 0.1) is 0 Å². The van der Waals surface area contributed by atoms with Crippen LogP contribution in [0.15, 0.2) is 10.9 Å². The zero-order chi connectivity index (χ0) is 15.2. The van der Waals surface area contributed by atoms with Crippen molar-refractivity contribution in [3.05, 3.63) is 33.2 Å². The summed E-state index contributed by atoms with van der Waals surface area (Å²) in [5.74, 6) is -0.268. The quantitative estimate of drug-likeness (QED) is 0.927. The van der Waals surface area contributed by atoms with Crippen molar-refractivity contribution in [1.29, 1.82) is 0 Å². The number of pyridine rings is 1. The van der Waals surface area contributed by atoms with Gasteiger partial charge in [-0.05, 0) is 43.7 Å². The van der Waals surface area contributed by atoms with Crippen LogP contribution in [-0.4, -0.2) is 17.5 Å². The summed E-state index contributed by atoms with van der Waals surface area (Å²) in [6.07, 6.45) is 8.72. The summed E-state index contributed by atoms with van der Waals surface area (Å²) in [4.78, 5) is 24.6. The summed E-state index contributed by atoms with van der Waals surface area (Å²) in [6.45, 7) is 2.85. The second-order valence-corrected chi connectivity index (χ2v) is 5.83. The highest BCUT2D eigenvalue weighted by molar-refractivity contribution is 5.93. The first kappa shape index (κ1) is 15.8. The summed E-state index contributed by atoms with van der Waals surface area (Å²) in [6, 6.07) is 1.84. The van der Waals surface area contributed by atoms with E-state index in [-0.39, 0.29) is 11.5 Å². The van der Waals surface area contributed by atoms with Gasteiger partial charge in [-0.15, -0.1) is 0 Å². The molecule has 4 heteroatoms. The fourth-order valence-electron chi connectivity index (χ4n) is 3.08. The van der Waals surface area contributed by atoms with E-state index >= 15 is 0 Å². The number of unbranched alkanes of at least 4 members (excludes halogenated alkanes) is 1. The smallest absolute Gasteiger partial charge is 0.263 e. The van der Waals surface area contributed by atoms with Gasteiger partial charge in [-0.25, -0.2) is 0 Å². The van der Waals surface area contributed by atoms with Crippen molar-refractivity contribution in [2.45, 2.75) is 64.8 Å². The molecule has 1 aliphatic carbocycles. The third-order valence-corrected chi connectivity index (χ3v) is 4.31. The Hall–Kier alpha value is -1.58. The minimum atomic E-state index is -0.268. The summed E-state index contributed by atoms with van der Waals surface area (Å²) in [5.41, 5.74) is 2.54. The average Bonchev–Trinajstić information content (AvgIpc) is 2.47. The Morgan fingerprint density at radius 1 is 1.24 bits per heavy atom. The van der Waals surface area contributed by atoms with Crippen LogP contribution < -0.4 is 10.9 Å². The molecule has 0 spiro atoms. The molecule has 1 amide bonds. The van der Waals surface area contributed by atoms with Gasteiger partial charge in [-0.3, -0.25) is 9.59 Å². The lowest BCUT2D eigenvalue weighted by atomic mass is 9.95. The first-order valence-corrected chi connectivity index (χ1v) is 8.16. The van der Waals surface area contributed by atoms with Crippen molar-refractivity contribution < 1.29 is 4.79 Å². The molecule has 0 bridgehead atoms. The lowest BCUT2D eigenvalue weighted by Crippen LogP contribution is -2.34. The Labute approximate surface area is 126 Å². The van der Waals surface area contributed by atoms with Crippen LogP contribution in [0.25, 0.3) is 0 Å². The number of rotatable bonds is 4. The second-order valence-electron chi connectivity index (χ2n) is 5.83. The lowest BCUT2D eigenvalue weighted by molar-refractivity contribution is 0.0960. The second kappa shape index (κ2) is 7.43. The predicted molar refractivity (Wildman–Crippen MR) is 84.9 cm³/mol. The molecule has 0 saturated heterocycles. The minimum Gasteiger partial charge on any atom is -0.355 e. The molecule has 0 unspecified atom stereocenters. The molecule has 0 aromatic carbocycles. The first-order valence-electron chi connectivity index (χ1n) is 8.16. The van der Waals surface area contributed by atoms with Crippen molar-refractivity contribution in [1.82, 2.24) is 9.88 Å². The minimum absolute atomic E-state index is 0.123. The molecule has 1 aliphatic rings. The van der Waals surface area contributed by atoms with E-state index in [2.05, 4.69) is 12.2 Å². The van der Waals surface area contributed by atoms with Gasteiger partial charge in [0.2, 0.25) is 0 Å². The summed E-state index contributed by atoms with van der Waals surface area (Å²) >= 11 is 0. The van der Waals surface area contributed by atoms with E-state index in [1.54, 1.807) is 7.05 Å². The lowest BCUT2D eigenvalue weighted by Gasteiger charge is -2.20. The van der Waals surface area contributed by atoms with E-state index in [1.807, 2.05) is 10.6 Å². The van der Waals surface area contributed by atoms with Gasteiger partial charge < -0.3 is 9.88 Å². The maximum absolute atomic E-state index is 12.6. The Balaban J connectivity index is 2.54. The van der Waals surface area contributed by atoms with Crippen LogP contribution in [0.1, 0.15) is 67.1 Å². The highest BCUT2D eigenvalue weighted by Crippen LogP contribution is 2.20. The third-order valence-electron chi connectivity index (χ3n) is 4.31. The Morgan fingerprint density at radius 3 is 2.62 bits per heavy atom. The van der Waals surface area contributed by atoms with E-state index in [1.165, 1.54) is 24.1 Å². The van der Waals surface area contributed by atoms with Gasteiger partial charge >= 0.3 is 0 Å². The van der Waals surface area contributed by atoms with Crippen LogP contribution >= 0.6 is 0 Å². The number of hydrogen-bond acceptors (Lipinski definition) is 2. The van der Waals surface area contributed by atoms with Gasteiger partial charge in [0.05, 0.1) is 0 Å². The highest BCUT2D eigenvalue weighted by Gasteiger charge is 2.19. The zero-order valence-electron chi connectivity index (χ0n) is 13.2. The van der Waals surface area contributed by atoms with Gasteiger partial charge in [0, 0.05) is 19.3 Å². The maximum atomic E-state index is 12.6. The number of carbonyl (C=O) groups is 1. The number of aryl methyl sites for hydroxylation is 1. The van der Waals surface area contributed by atoms with Gasteiger partial charge in [-0.2, -0.15) is 0 Å². The maximum Gasteiger partial charge on any atom is 0.263 e. The number of hydrogen-bond donors (Lipinski definition) is 1. The Morgan fingerprint density at radius 2 is 1.95 bits per heavy atom. The van der Waals surface area contributed by atoms with Gasteiger partial charge in [0.1, 0.15) is 5.56 Å². The molecule has 2 rings (SSSR count). The van der Waals surface area contributed by atoms with Gasteiger partial charge in [0.15, 0.2) is 0 Å². The number of carbonyl (C=O) groups excluding carboxylic acids is 1. The number of amides is 1. The highest BCUT2D eigenvalue weighted by atomic mass is 16.2. The fourth-order valence-corrected chi connectivity index (χ4v) is 3.08. The van der Waals surface area contributed by atoms with Crippen molar-refractivity contribution in [2.24, 2.45) is 0 Å². The van der Waals surface area contributed by atoms with E-state index in [0.29, 0.717) is 5.56 Å². The fraction of sp³-hybridized carbons (Fsp3) is 0.647. The molecule has 1 N–H and O–H groups in total. The standard InChI is InChI=1S/C17H26N2O2/c1-3-4-11-19-15-10-8-6-5-7-9-13(15)12-14(17(19)21)16(20)18-2/h12H,3-11H2,1-2H3,(H,18,20). The van der Waals surface area contributed by atoms with Gasteiger partial charge in [0.25, 0.3) is 11.5 Å². The SMILES string of the molecule is CCCCn1c2c(cc(C(=O)NC)c1=O)CCCCCC2. The number of aromatic nitrogens is 1. The molecule has 4 nitrogen and oxygen atoms in total. The molecule has 1 aromatic rings. The van der Waals surface area contributed by atoms with Crippen LogP contribution in [0.5, 0.6) is 0 Å². The summed E-state index contributed by atoms with van der Waals surface area (Å²) in [5, 5.41) is 2.59. The third kappa shape index (κ3) is 3.55. The van der Waals surface area contributed by atoms with Crippen molar-refractivity contribution in [3.8, 4) is 0 Å². The van der Waals surface area contributed by atoms with Crippen LogP contribution in [-0.2, 0) is 19.4 Å². The normalized spacial score (nSPS) is 15.0. The first-order chi connectivity index (χ1) is 10.2. The molecule has 1 heterocycles. The molecule has 21 heavy (non-hydrogen) atoms. The molecular formula is C17H26N2O2. The predicted octanol–water partition coefficient (Wildman–Crippen LogP) is 2.67. The number of nitrogens with one attached hydrogen (secondary N) is 1. The largest absolute Gasteiger partial charge is 0.355 e. The molecule has 0 aliphatic heterocycles. The van der Waals surface area contributed by atoms with Crippen LogP contribution in [0.3, 0.4) is 0 Å². The van der Waals surface area contributed by atoms with Crippen molar-refractivity contribution in [2.75, 3.05) is 7.05 Å². The monoisotopic (exact) mass is 290 g/mol. The zero-order valence-corrected chi connectivity index (χ0v) is 13.2. The Bertz CT molecular complexity index is 561. The molecule has 0 fully saturated rings. The molecule has 0 saturated carbocycles. The summed E-state index contributed by atoms with van der Waals surface area (Å²) < 4.78 is 1.87. The molecule has 1 aromatic heterocycles. The van der Waals surface area contributed by atoms with Crippen molar-refractivity contribution in [3.63, 3.8) is 0 Å². The van der Waals surface area contributed by atoms with Crippen LogP contribution in [0.4, 0.5) is 0 Å². The van der Waals surface area contributed by atoms with E-state index in [9.17, 15) is 9.59 Å². The Kier molecular flexibility index (Phi) is 5.59. The summed E-state index contributed by atoms with van der Waals surface area (Å²) in [7, 11) is 1.58. The number of fused-ring (bicyclic) bond motifs is 1. The van der Waals surface area contributed by atoms with Crippen LogP contribution in [0.2, 0.25) is 0 Å². The average molecular weight is 290 g/mol. The van der Waals surface area contributed by atoms with E-state index in [0.717, 1.165) is 45.1 Å². The molecule has 0 atom stereocenters. The molecular weight excluding hydrogens is 264 g/mol. The molecule has 116 valence electrons. The topological polar surface area (TPSA) is 51.1 Å². The van der Waals surface area contributed by atoms with Gasteiger partial charge in [-0.1, -0.05) is 26.2 Å². The van der Waals surface area contributed by atoms with E-state index in [4.69, 9.17) is 0 Å². The van der Waals surface area contributed by atoms with Crippen molar-refractivity contribution >= 4 is 5.91 Å². The molecule has 0 radical (unpaired) electrons. The van der Waals surface area contributed by atoms with E-state index < -0.39 is 0 Å².